The van der Waals surface area contributed by atoms with Crippen LogP contribution < -0.4 is 21.1 Å². The summed E-state index contributed by atoms with van der Waals surface area (Å²) in [6.45, 7) is 5.73. The molecule has 11 heteroatoms. The van der Waals surface area contributed by atoms with E-state index in [1.165, 1.54) is 0 Å². The molecule has 2 aromatic carbocycles. The van der Waals surface area contributed by atoms with E-state index >= 15 is 0 Å². The smallest absolute Gasteiger partial charge is 0.408 e. The second-order valence-corrected chi connectivity index (χ2v) is 9.69. The number of aryl methyl sites for hydroxylation is 1. The number of oxazole rings is 1. The van der Waals surface area contributed by atoms with Gasteiger partial charge in [0.2, 0.25) is 16.0 Å². The van der Waals surface area contributed by atoms with E-state index in [2.05, 4.69) is 25.3 Å². The lowest BCUT2D eigenvalue weighted by Crippen LogP contribution is -2.15. The fourth-order valence-electron chi connectivity index (χ4n) is 3.33. The predicted octanol–water partition coefficient (Wildman–Crippen LogP) is 4.13. The van der Waals surface area contributed by atoms with Gasteiger partial charge >= 0.3 is 5.76 Å². The van der Waals surface area contributed by atoms with E-state index in [9.17, 15) is 13.2 Å². The molecule has 0 spiro atoms. The van der Waals surface area contributed by atoms with E-state index in [4.69, 9.17) is 4.42 Å². The molecule has 0 atom stereocenters. The van der Waals surface area contributed by atoms with Crippen LogP contribution in [0.5, 0.6) is 0 Å². The van der Waals surface area contributed by atoms with Gasteiger partial charge in [-0.15, -0.1) is 0 Å². The lowest BCUT2D eigenvalue weighted by atomic mass is 10.2. The van der Waals surface area contributed by atoms with Crippen molar-refractivity contribution < 1.29 is 12.8 Å². The van der Waals surface area contributed by atoms with Gasteiger partial charge in [-0.3, -0.25) is 9.29 Å². The zero-order valence-corrected chi connectivity index (χ0v) is 19.4. The molecule has 0 bridgehead atoms. The standard InChI is InChI=1S/C22H24N6O4S/c1-13(2)28-18-11-17(9-10-19(18)32-22(28)29)24-20-14(3)12-23-21(26-20)25-15-5-7-16(8-6-15)27-33(4,30)31/h5-13,27H,1-4H3,(H2,23,24,25,26). The van der Waals surface area contributed by atoms with Gasteiger partial charge in [-0.25, -0.2) is 18.2 Å². The Morgan fingerprint density at radius 2 is 1.67 bits per heavy atom. The van der Waals surface area contributed by atoms with Crippen molar-refractivity contribution in [2.45, 2.75) is 26.8 Å². The molecule has 0 aliphatic rings. The summed E-state index contributed by atoms with van der Waals surface area (Å²) in [4.78, 5) is 21.0. The van der Waals surface area contributed by atoms with Crippen molar-refractivity contribution in [2.75, 3.05) is 21.6 Å². The first-order valence-electron chi connectivity index (χ1n) is 10.2. The Hall–Kier alpha value is -3.86. The average Bonchev–Trinajstić information content (AvgIpc) is 3.06. The Bertz CT molecular complexity index is 1470. The molecule has 2 heterocycles. The molecule has 0 aliphatic heterocycles. The van der Waals surface area contributed by atoms with E-state index < -0.39 is 10.0 Å². The van der Waals surface area contributed by atoms with Crippen molar-refractivity contribution in [1.29, 1.82) is 0 Å². The van der Waals surface area contributed by atoms with Gasteiger partial charge in [0.25, 0.3) is 0 Å². The van der Waals surface area contributed by atoms with Gasteiger partial charge in [0.1, 0.15) is 5.82 Å². The van der Waals surface area contributed by atoms with Gasteiger partial charge in [0, 0.05) is 34.9 Å². The second-order valence-electron chi connectivity index (χ2n) is 7.94. The Morgan fingerprint density at radius 1 is 1.00 bits per heavy atom. The summed E-state index contributed by atoms with van der Waals surface area (Å²) >= 11 is 0. The third-order valence-corrected chi connectivity index (χ3v) is 5.41. The molecule has 172 valence electrons. The van der Waals surface area contributed by atoms with Crippen LogP contribution in [0.15, 0.2) is 57.9 Å². The maximum Gasteiger partial charge on any atom is 0.420 e. The van der Waals surface area contributed by atoms with Crippen molar-refractivity contribution in [2.24, 2.45) is 0 Å². The lowest BCUT2D eigenvalue weighted by Gasteiger charge is -2.12. The van der Waals surface area contributed by atoms with Crippen LogP contribution >= 0.6 is 0 Å². The minimum absolute atomic E-state index is 0.0374. The molecule has 0 radical (unpaired) electrons. The molecule has 0 saturated heterocycles. The van der Waals surface area contributed by atoms with Gasteiger partial charge in [-0.2, -0.15) is 4.98 Å². The normalized spacial score (nSPS) is 11.7. The lowest BCUT2D eigenvalue weighted by molar-refractivity contribution is 0.478. The molecule has 0 aliphatic carbocycles. The van der Waals surface area contributed by atoms with Gasteiger partial charge in [0.15, 0.2) is 5.58 Å². The van der Waals surface area contributed by atoms with Gasteiger partial charge in [-0.1, -0.05) is 0 Å². The maximum atomic E-state index is 12.1. The molecule has 0 amide bonds. The molecular formula is C22H24N6O4S. The number of nitrogens with one attached hydrogen (secondary N) is 3. The van der Waals surface area contributed by atoms with Crippen LogP contribution in [0.25, 0.3) is 11.1 Å². The van der Waals surface area contributed by atoms with Crippen molar-refractivity contribution in [1.82, 2.24) is 14.5 Å². The molecular weight excluding hydrogens is 444 g/mol. The highest BCUT2D eigenvalue weighted by atomic mass is 32.2. The number of anilines is 5. The van der Waals surface area contributed by atoms with E-state index in [0.717, 1.165) is 17.5 Å². The van der Waals surface area contributed by atoms with E-state index in [1.54, 1.807) is 41.1 Å². The number of hydrogen-bond donors (Lipinski definition) is 3. The number of fused-ring (bicyclic) bond motifs is 1. The van der Waals surface area contributed by atoms with Crippen LogP contribution in [0.3, 0.4) is 0 Å². The minimum Gasteiger partial charge on any atom is -0.408 e. The summed E-state index contributed by atoms with van der Waals surface area (Å²) in [6, 6.07) is 12.1. The monoisotopic (exact) mass is 468 g/mol. The number of aromatic nitrogens is 3. The molecule has 10 nitrogen and oxygen atoms in total. The average molecular weight is 469 g/mol. The highest BCUT2D eigenvalue weighted by molar-refractivity contribution is 7.92. The minimum atomic E-state index is -3.34. The second kappa shape index (κ2) is 8.58. The molecule has 33 heavy (non-hydrogen) atoms. The first kappa shape index (κ1) is 22.3. The third kappa shape index (κ3) is 5.14. The fourth-order valence-corrected chi connectivity index (χ4v) is 3.89. The molecule has 2 aromatic heterocycles. The summed E-state index contributed by atoms with van der Waals surface area (Å²) in [5.74, 6) is 0.583. The topological polar surface area (TPSA) is 131 Å². The molecule has 0 saturated carbocycles. The summed E-state index contributed by atoms with van der Waals surface area (Å²) in [5, 5.41) is 6.38. The number of nitrogens with zero attached hydrogens (tertiary/aromatic N) is 3. The molecule has 0 unspecified atom stereocenters. The number of rotatable bonds is 7. The van der Waals surface area contributed by atoms with Crippen LogP contribution in [-0.2, 0) is 10.0 Å². The van der Waals surface area contributed by atoms with E-state index in [1.807, 2.05) is 32.9 Å². The summed E-state index contributed by atoms with van der Waals surface area (Å²) in [5.41, 5.74) is 3.97. The van der Waals surface area contributed by atoms with Crippen LogP contribution in [0, 0.1) is 6.92 Å². The fraction of sp³-hybridized carbons (Fsp3) is 0.227. The van der Waals surface area contributed by atoms with Gasteiger partial charge in [-0.05, 0) is 63.2 Å². The number of sulfonamides is 1. The Labute approximate surface area is 190 Å². The summed E-state index contributed by atoms with van der Waals surface area (Å²) in [7, 11) is -3.34. The van der Waals surface area contributed by atoms with Crippen molar-refractivity contribution in [3.8, 4) is 0 Å². The maximum absolute atomic E-state index is 12.1. The largest absolute Gasteiger partial charge is 0.420 e. The van der Waals surface area contributed by atoms with Crippen molar-refractivity contribution >= 4 is 50.0 Å². The van der Waals surface area contributed by atoms with Crippen molar-refractivity contribution in [3.63, 3.8) is 0 Å². The third-order valence-electron chi connectivity index (χ3n) is 4.81. The highest BCUT2D eigenvalue weighted by Gasteiger charge is 2.13. The Balaban J connectivity index is 1.56. The van der Waals surface area contributed by atoms with E-state index in [0.29, 0.717) is 34.2 Å². The van der Waals surface area contributed by atoms with Crippen LogP contribution in [0.4, 0.5) is 28.8 Å². The van der Waals surface area contributed by atoms with E-state index in [-0.39, 0.29) is 11.8 Å². The van der Waals surface area contributed by atoms with Crippen LogP contribution in [0.1, 0.15) is 25.5 Å². The van der Waals surface area contributed by atoms with Gasteiger partial charge in [0.05, 0.1) is 11.8 Å². The van der Waals surface area contributed by atoms with Gasteiger partial charge < -0.3 is 15.1 Å². The highest BCUT2D eigenvalue weighted by Crippen LogP contribution is 2.25. The molecule has 3 N–H and O–H groups in total. The quantitative estimate of drug-likeness (QED) is 0.369. The molecule has 0 fully saturated rings. The first-order chi connectivity index (χ1) is 15.6. The SMILES string of the molecule is Cc1cnc(Nc2ccc(NS(C)(=O)=O)cc2)nc1Nc1ccc2oc(=O)n(C(C)C)c2c1. The van der Waals surface area contributed by atoms with Crippen LogP contribution in [0.2, 0.25) is 0 Å². The zero-order chi connectivity index (χ0) is 23.8. The zero-order valence-electron chi connectivity index (χ0n) is 18.6. The Morgan fingerprint density at radius 3 is 2.33 bits per heavy atom. The predicted molar refractivity (Wildman–Crippen MR) is 129 cm³/mol. The van der Waals surface area contributed by atoms with Crippen LogP contribution in [-0.4, -0.2) is 29.2 Å². The number of benzene rings is 2. The summed E-state index contributed by atoms with van der Waals surface area (Å²) in [6.07, 6.45) is 2.79. The molecule has 4 rings (SSSR count). The Kier molecular flexibility index (Phi) is 5.81. The van der Waals surface area contributed by atoms with Crippen molar-refractivity contribution in [3.05, 3.63) is 64.8 Å². The first-order valence-corrected chi connectivity index (χ1v) is 12.1. The number of hydrogen-bond acceptors (Lipinski definition) is 8. The molecule has 4 aromatic rings. The summed E-state index contributed by atoms with van der Waals surface area (Å²) < 4.78 is 32.0.